The van der Waals surface area contributed by atoms with E-state index in [9.17, 15) is 13.2 Å². The van der Waals surface area contributed by atoms with Crippen molar-refractivity contribution in [3.8, 4) is 0 Å². The number of rotatable bonds is 6. The van der Waals surface area contributed by atoms with E-state index in [-0.39, 0.29) is 12.5 Å². The molecule has 0 amide bonds. The van der Waals surface area contributed by atoms with Crippen molar-refractivity contribution >= 4 is 21.7 Å². The molecule has 0 aliphatic rings. The molecular formula is C19H23NO4S. The van der Waals surface area contributed by atoms with Gasteiger partial charge >= 0.3 is 5.97 Å². The maximum atomic E-state index is 12.2. The molecule has 0 fully saturated rings. The third kappa shape index (κ3) is 4.82. The summed E-state index contributed by atoms with van der Waals surface area (Å²) in [5, 5.41) is 0. The third-order valence-corrected chi connectivity index (χ3v) is 5.11. The summed E-state index contributed by atoms with van der Waals surface area (Å²) in [5.41, 5.74) is 4.00. The molecule has 0 aliphatic carbocycles. The molecule has 0 bridgehead atoms. The summed E-state index contributed by atoms with van der Waals surface area (Å²) < 4.78 is 30.8. The van der Waals surface area contributed by atoms with Gasteiger partial charge in [-0.1, -0.05) is 18.2 Å². The van der Waals surface area contributed by atoms with Gasteiger partial charge in [0.05, 0.1) is 30.7 Å². The topological polar surface area (TPSA) is 63.7 Å². The highest BCUT2D eigenvalue weighted by molar-refractivity contribution is 7.92. The lowest BCUT2D eigenvalue weighted by Crippen LogP contribution is -2.29. The fraction of sp³-hybridized carbons (Fsp3) is 0.316. The lowest BCUT2D eigenvalue weighted by molar-refractivity contribution is 0.0526. The fourth-order valence-electron chi connectivity index (χ4n) is 2.41. The Kier molecular flexibility index (Phi) is 5.85. The van der Waals surface area contributed by atoms with Gasteiger partial charge in [0.2, 0.25) is 10.0 Å². The number of anilines is 1. The van der Waals surface area contributed by atoms with Gasteiger partial charge in [0, 0.05) is 0 Å². The highest BCUT2D eigenvalue weighted by atomic mass is 32.2. The molecule has 25 heavy (non-hydrogen) atoms. The molecule has 0 unspecified atom stereocenters. The smallest absolute Gasteiger partial charge is 0.338 e. The van der Waals surface area contributed by atoms with Gasteiger partial charge in [0.1, 0.15) is 0 Å². The maximum absolute atomic E-state index is 12.2. The van der Waals surface area contributed by atoms with Crippen LogP contribution in [0.3, 0.4) is 0 Å². The van der Waals surface area contributed by atoms with Crippen LogP contribution < -0.4 is 4.31 Å². The van der Waals surface area contributed by atoms with E-state index in [1.54, 1.807) is 37.3 Å². The Bertz CT molecular complexity index is 857. The van der Waals surface area contributed by atoms with E-state index < -0.39 is 10.0 Å². The van der Waals surface area contributed by atoms with E-state index >= 15 is 0 Å². The van der Waals surface area contributed by atoms with Gasteiger partial charge in [0.15, 0.2) is 0 Å². The molecule has 0 saturated heterocycles. The first-order chi connectivity index (χ1) is 11.7. The fourth-order valence-corrected chi connectivity index (χ4v) is 3.29. The zero-order valence-electron chi connectivity index (χ0n) is 14.9. The number of esters is 1. The van der Waals surface area contributed by atoms with Crippen molar-refractivity contribution in [2.75, 3.05) is 17.2 Å². The van der Waals surface area contributed by atoms with Crippen molar-refractivity contribution in [2.45, 2.75) is 27.3 Å². The number of sulfonamides is 1. The van der Waals surface area contributed by atoms with Crippen LogP contribution in [0.4, 0.5) is 5.69 Å². The Morgan fingerprint density at radius 1 is 1.04 bits per heavy atom. The lowest BCUT2D eigenvalue weighted by Gasteiger charge is -2.23. The summed E-state index contributed by atoms with van der Waals surface area (Å²) in [5.74, 6) is -0.386. The van der Waals surface area contributed by atoms with Gasteiger partial charge in [-0.2, -0.15) is 0 Å². The molecule has 2 aromatic carbocycles. The highest BCUT2D eigenvalue weighted by Crippen LogP contribution is 2.23. The largest absolute Gasteiger partial charge is 0.462 e. The van der Waals surface area contributed by atoms with E-state index in [2.05, 4.69) is 0 Å². The molecule has 6 heteroatoms. The third-order valence-electron chi connectivity index (χ3n) is 3.97. The van der Waals surface area contributed by atoms with Gasteiger partial charge in [0.25, 0.3) is 0 Å². The van der Waals surface area contributed by atoms with Crippen LogP contribution in [0.1, 0.15) is 34.0 Å². The highest BCUT2D eigenvalue weighted by Gasteiger charge is 2.18. The van der Waals surface area contributed by atoms with Crippen LogP contribution in [0.25, 0.3) is 0 Å². The minimum absolute atomic E-state index is 0.199. The summed E-state index contributed by atoms with van der Waals surface area (Å²) in [7, 11) is -3.44. The van der Waals surface area contributed by atoms with Gasteiger partial charge in [-0.05, 0) is 61.7 Å². The van der Waals surface area contributed by atoms with Crippen LogP contribution in [0.15, 0.2) is 42.5 Å². The van der Waals surface area contributed by atoms with E-state index in [0.717, 1.165) is 16.7 Å². The van der Waals surface area contributed by atoms with Crippen molar-refractivity contribution < 1.29 is 17.9 Å². The lowest BCUT2D eigenvalue weighted by atomic mass is 10.1. The van der Waals surface area contributed by atoms with Crippen molar-refractivity contribution in [3.05, 3.63) is 64.7 Å². The minimum Gasteiger partial charge on any atom is -0.462 e. The maximum Gasteiger partial charge on any atom is 0.338 e. The van der Waals surface area contributed by atoms with E-state index in [4.69, 9.17) is 4.74 Å². The second kappa shape index (κ2) is 7.70. The first kappa shape index (κ1) is 19.0. The molecule has 2 rings (SSSR count). The van der Waals surface area contributed by atoms with Crippen molar-refractivity contribution in [2.24, 2.45) is 0 Å². The van der Waals surface area contributed by atoms with Crippen LogP contribution in [0.2, 0.25) is 0 Å². The number of carbonyl (C=O) groups is 1. The van der Waals surface area contributed by atoms with Crippen LogP contribution in [-0.4, -0.2) is 27.2 Å². The van der Waals surface area contributed by atoms with E-state index in [1.807, 2.05) is 26.0 Å². The standard InChI is InChI=1S/C19H23NO4S/c1-5-24-19(21)17-9-7-16(8-10-17)13-20(25(4,22)23)18-11-6-14(2)15(3)12-18/h6-12H,5,13H2,1-4H3. The normalized spacial score (nSPS) is 11.2. The predicted molar refractivity (Wildman–Crippen MR) is 99.3 cm³/mol. The summed E-state index contributed by atoms with van der Waals surface area (Å²) in [6, 6.07) is 12.4. The second-order valence-electron chi connectivity index (χ2n) is 5.96. The monoisotopic (exact) mass is 361 g/mol. The molecule has 0 atom stereocenters. The molecule has 0 saturated carbocycles. The number of aryl methyl sites for hydroxylation is 2. The van der Waals surface area contributed by atoms with Crippen molar-refractivity contribution in [1.82, 2.24) is 0 Å². The summed E-state index contributed by atoms with van der Waals surface area (Å²) in [4.78, 5) is 11.7. The number of hydrogen-bond acceptors (Lipinski definition) is 4. The Hall–Kier alpha value is -2.34. The molecule has 134 valence electrons. The van der Waals surface area contributed by atoms with Gasteiger partial charge in [-0.3, -0.25) is 4.31 Å². The zero-order chi connectivity index (χ0) is 18.6. The van der Waals surface area contributed by atoms with Gasteiger partial charge < -0.3 is 4.74 Å². The van der Waals surface area contributed by atoms with Crippen LogP contribution in [0, 0.1) is 13.8 Å². The van der Waals surface area contributed by atoms with Crippen molar-refractivity contribution in [1.29, 1.82) is 0 Å². The van der Waals surface area contributed by atoms with Gasteiger partial charge in [-0.25, -0.2) is 13.2 Å². The minimum atomic E-state index is -3.44. The SMILES string of the molecule is CCOC(=O)c1ccc(CN(c2ccc(C)c(C)c2)S(C)(=O)=O)cc1. The van der Waals surface area contributed by atoms with Crippen molar-refractivity contribution in [3.63, 3.8) is 0 Å². The molecule has 0 N–H and O–H groups in total. The molecule has 0 aromatic heterocycles. The first-order valence-corrected chi connectivity index (χ1v) is 9.88. The summed E-state index contributed by atoms with van der Waals surface area (Å²) in [6.45, 7) is 6.20. The van der Waals surface area contributed by atoms with Gasteiger partial charge in [-0.15, -0.1) is 0 Å². The Labute approximate surface area is 149 Å². The molecule has 0 radical (unpaired) electrons. The second-order valence-corrected chi connectivity index (χ2v) is 7.86. The van der Waals surface area contributed by atoms with Crippen LogP contribution in [-0.2, 0) is 21.3 Å². The Balaban J connectivity index is 2.29. The molecule has 0 heterocycles. The Morgan fingerprint density at radius 2 is 1.68 bits per heavy atom. The molecule has 0 spiro atoms. The summed E-state index contributed by atoms with van der Waals surface area (Å²) >= 11 is 0. The zero-order valence-corrected chi connectivity index (χ0v) is 15.8. The Morgan fingerprint density at radius 3 is 2.20 bits per heavy atom. The van der Waals surface area contributed by atoms with Crippen LogP contribution >= 0.6 is 0 Å². The average Bonchev–Trinajstić information content (AvgIpc) is 2.55. The molecule has 0 aliphatic heterocycles. The average molecular weight is 361 g/mol. The number of benzene rings is 2. The van der Waals surface area contributed by atoms with E-state index in [0.29, 0.717) is 17.9 Å². The summed E-state index contributed by atoms with van der Waals surface area (Å²) in [6.07, 6.45) is 1.19. The first-order valence-electron chi connectivity index (χ1n) is 8.03. The molecule has 2 aromatic rings. The number of carbonyl (C=O) groups excluding carboxylic acids is 1. The number of hydrogen-bond donors (Lipinski definition) is 0. The quantitative estimate of drug-likeness (QED) is 0.739. The number of nitrogens with zero attached hydrogens (tertiary/aromatic N) is 1. The molecule has 5 nitrogen and oxygen atoms in total. The van der Waals surface area contributed by atoms with Crippen LogP contribution in [0.5, 0.6) is 0 Å². The number of ether oxygens (including phenoxy) is 1. The molecular weight excluding hydrogens is 338 g/mol. The predicted octanol–water partition coefficient (Wildman–Crippen LogP) is 3.45. The van der Waals surface area contributed by atoms with E-state index in [1.165, 1.54) is 10.6 Å².